The summed E-state index contributed by atoms with van der Waals surface area (Å²) >= 11 is 0. The molecule has 0 bridgehead atoms. The van der Waals surface area contributed by atoms with Crippen molar-refractivity contribution in [2.75, 3.05) is 4.90 Å². The van der Waals surface area contributed by atoms with Crippen LogP contribution in [-0.4, -0.2) is 0 Å². The summed E-state index contributed by atoms with van der Waals surface area (Å²) in [5.41, 5.74) is 16.4. The molecule has 2 heteroatoms. The number of rotatable bonds is 8. The number of furan rings is 1. The Morgan fingerprint density at radius 1 is 0.283 bits per heavy atom. The van der Waals surface area contributed by atoms with Gasteiger partial charge in [-0.1, -0.05) is 182 Å². The van der Waals surface area contributed by atoms with Crippen molar-refractivity contribution >= 4 is 49.8 Å². The van der Waals surface area contributed by atoms with Crippen LogP contribution in [0.25, 0.3) is 88.3 Å². The zero-order valence-electron chi connectivity index (χ0n) is 32.9. The monoisotopic (exact) mass is 765 g/mol. The molecule has 0 fully saturated rings. The summed E-state index contributed by atoms with van der Waals surface area (Å²) < 4.78 is 7.28. The SMILES string of the molecule is c1ccc(-c2ccc(N(c3cccc(-c4ccccc4)c3)c3ccc(-c4cc(-c5ccccc5)cc(-c5ccccc5)c4)c4c3oc3c5ccccc5ccc34)cc2)cc1. The van der Waals surface area contributed by atoms with E-state index in [1.54, 1.807) is 0 Å². The van der Waals surface area contributed by atoms with E-state index in [1.807, 2.05) is 0 Å². The largest absolute Gasteiger partial charge is 0.453 e. The first-order valence-electron chi connectivity index (χ1n) is 20.5. The smallest absolute Gasteiger partial charge is 0.160 e. The van der Waals surface area contributed by atoms with Crippen molar-refractivity contribution in [2.24, 2.45) is 0 Å². The zero-order chi connectivity index (χ0) is 39.8. The third kappa shape index (κ3) is 6.41. The van der Waals surface area contributed by atoms with Gasteiger partial charge in [0.05, 0.1) is 5.69 Å². The van der Waals surface area contributed by atoms with Crippen molar-refractivity contribution in [3.63, 3.8) is 0 Å². The van der Waals surface area contributed by atoms with Crippen molar-refractivity contribution in [3.8, 4) is 55.6 Å². The van der Waals surface area contributed by atoms with Gasteiger partial charge in [0.2, 0.25) is 0 Å². The second-order valence-electron chi connectivity index (χ2n) is 15.3. The maximum Gasteiger partial charge on any atom is 0.160 e. The lowest BCUT2D eigenvalue weighted by molar-refractivity contribution is 0.673. The molecule has 0 amide bonds. The Balaban J connectivity index is 1.19. The number of nitrogens with zero attached hydrogens (tertiary/aromatic N) is 1. The lowest BCUT2D eigenvalue weighted by Gasteiger charge is -2.27. The second kappa shape index (κ2) is 15.1. The quantitative estimate of drug-likeness (QED) is 0.153. The van der Waals surface area contributed by atoms with Gasteiger partial charge in [-0.25, -0.2) is 0 Å². The van der Waals surface area contributed by atoms with Crippen LogP contribution in [0.1, 0.15) is 0 Å². The van der Waals surface area contributed by atoms with Gasteiger partial charge in [-0.2, -0.15) is 0 Å². The highest BCUT2D eigenvalue weighted by Crippen LogP contribution is 2.48. The number of benzene rings is 10. The average Bonchev–Trinajstić information content (AvgIpc) is 3.74. The van der Waals surface area contributed by atoms with Crippen LogP contribution in [-0.2, 0) is 0 Å². The Hall–Kier alpha value is -7.94. The molecule has 0 saturated heterocycles. The van der Waals surface area contributed by atoms with E-state index in [0.717, 1.165) is 66.5 Å². The second-order valence-corrected chi connectivity index (χ2v) is 15.3. The lowest BCUT2D eigenvalue weighted by Crippen LogP contribution is -2.10. The highest BCUT2D eigenvalue weighted by molar-refractivity contribution is 6.22. The summed E-state index contributed by atoms with van der Waals surface area (Å²) in [5.74, 6) is 0. The van der Waals surface area contributed by atoms with Crippen molar-refractivity contribution in [1.29, 1.82) is 0 Å². The Labute approximate surface area is 349 Å². The van der Waals surface area contributed by atoms with Crippen LogP contribution in [0.4, 0.5) is 17.1 Å². The standard InChI is InChI=1S/C58H39NO/c1-5-16-40(17-6-1)44-28-31-50(32-29-44)59(51-26-15-25-46(39-51)41-18-7-2-8-19-41)55-35-34-52(56-54-33-30-45-24-13-14-27-53(45)57(54)60-58(55)56)49-37-47(42-20-9-3-10-21-42)36-48(38-49)43-22-11-4-12-23-43/h1-39H. The van der Waals surface area contributed by atoms with E-state index in [4.69, 9.17) is 4.42 Å². The number of anilines is 3. The van der Waals surface area contributed by atoms with Crippen LogP contribution in [0.2, 0.25) is 0 Å². The normalized spacial score (nSPS) is 11.3. The minimum atomic E-state index is 0.836. The van der Waals surface area contributed by atoms with E-state index in [2.05, 4.69) is 241 Å². The van der Waals surface area contributed by atoms with E-state index in [-0.39, 0.29) is 0 Å². The predicted molar refractivity (Wildman–Crippen MR) is 253 cm³/mol. The van der Waals surface area contributed by atoms with Crippen molar-refractivity contribution in [1.82, 2.24) is 0 Å². The first-order chi connectivity index (χ1) is 29.7. The van der Waals surface area contributed by atoms with Gasteiger partial charge in [0.25, 0.3) is 0 Å². The first-order valence-corrected chi connectivity index (χ1v) is 20.5. The maximum atomic E-state index is 7.28. The molecular weight excluding hydrogens is 727 g/mol. The zero-order valence-corrected chi connectivity index (χ0v) is 32.9. The maximum absolute atomic E-state index is 7.28. The molecule has 1 heterocycles. The molecule has 0 radical (unpaired) electrons. The first kappa shape index (κ1) is 35.2. The fourth-order valence-electron chi connectivity index (χ4n) is 8.70. The number of fused-ring (bicyclic) bond motifs is 5. The van der Waals surface area contributed by atoms with Crippen LogP contribution in [0.3, 0.4) is 0 Å². The molecule has 0 spiro atoms. The van der Waals surface area contributed by atoms with Gasteiger partial charge in [-0.05, 0) is 116 Å². The van der Waals surface area contributed by atoms with E-state index in [1.165, 1.54) is 38.9 Å². The number of hydrogen-bond acceptors (Lipinski definition) is 2. The molecule has 0 aliphatic carbocycles. The van der Waals surface area contributed by atoms with Crippen molar-refractivity contribution in [2.45, 2.75) is 0 Å². The average molecular weight is 766 g/mol. The summed E-state index contributed by atoms with van der Waals surface area (Å²) in [6.45, 7) is 0. The van der Waals surface area contributed by atoms with Crippen molar-refractivity contribution < 1.29 is 4.42 Å². The molecule has 2 nitrogen and oxygen atoms in total. The third-order valence-corrected chi connectivity index (χ3v) is 11.6. The van der Waals surface area contributed by atoms with Gasteiger partial charge in [-0.15, -0.1) is 0 Å². The van der Waals surface area contributed by atoms with Gasteiger partial charge in [0, 0.05) is 27.5 Å². The molecule has 60 heavy (non-hydrogen) atoms. The highest BCUT2D eigenvalue weighted by atomic mass is 16.3. The van der Waals surface area contributed by atoms with Crippen LogP contribution >= 0.6 is 0 Å². The Bertz CT molecular complexity index is 3220. The summed E-state index contributed by atoms with van der Waals surface area (Å²) in [4.78, 5) is 2.35. The molecule has 0 unspecified atom stereocenters. The molecule has 0 aliphatic rings. The van der Waals surface area contributed by atoms with E-state index in [0.29, 0.717) is 0 Å². The van der Waals surface area contributed by atoms with Gasteiger partial charge >= 0.3 is 0 Å². The van der Waals surface area contributed by atoms with Crippen molar-refractivity contribution in [3.05, 3.63) is 237 Å². The van der Waals surface area contributed by atoms with E-state index in [9.17, 15) is 0 Å². The molecule has 0 saturated carbocycles. The van der Waals surface area contributed by atoms with Crippen LogP contribution in [0.15, 0.2) is 241 Å². The van der Waals surface area contributed by atoms with Gasteiger partial charge in [0.1, 0.15) is 5.58 Å². The Morgan fingerprint density at radius 3 is 1.43 bits per heavy atom. The number of hydrogen-bond donors (Lipinski definition) is 0. The Morgan fingerprint density at radius 2 is 0.800 bits per heavy atom. The molecule has 11 rings (SSSR count). The third-order valence-electron chi connectivity index (χ3n) is 11.6. The van der Waals surface area contributed by atoms with Crippen LogP contribution in [0.5, 0.6) is 0 Å². The molecule has 0 aliphatic heterocycles. The molecule has 10 aromatic carbocycles. The molecule has 0 N–H and O–H groups in total. The fraction of sp³-hybridized carbons (Fsp3) is 0. The summed E-state index contributed by atoms with van der Waals surface area (Å²) in [5, 5.41) is 4.41. The van der Waals surface area contributed by atoms with Crippen LogP contribution < -0.4 is 4.90 Å². The van der Waals surface area contributed by atoms with Gasteiger partial charge < -0.3 is 9.32 Å². The van der Waals surface area contributed by atoms with Gasteiger partial charge in [0.15, 0.2) is 5.58 Å². The summed E-state index contributed by atoms with van der Waals surface area (Å²) in [6.07, 6.45) is 0. The van der Waals surface area contributed by atoms with E-state index < -0.39 is 0 Å². The molecule has 0 atom stereocenters. The fourth-order valence-corrected chi connectivity index (χ4v) is 8.70. The minimum absolute atomic E-state index is 0.836. The minimum Gasteiger partial charge on any atom is -0.453 e. The summed E-state index contributed by atoms with van der Waals surface area (Å²) in [6, 6.07) is 84.7. The van der Waals surface area contributed by atoms with E-state index >= 15 is 0 Å². The topological polar surface area (TPSA) is 16.4 Å². The molecule has 282 valence electrons. The molecule has 11 aromatic rings. The predicted octanol–water partition coefficient (Wildman–Crippen LogP) is 16.5. The lowest BCUT2D eigenvalue weighted by atomic mass is 9.91. The van der Waals surface area contributed by atoms with Crippen LogP contribution in [0, 0.1) is 0 Å². The highest BCUT2D eigenvalue weighted by Gasteiger charge is 2.24. The summed E-state index contributed by atoms with van der Waals surface area (Å²) in [7, 11) is 0. The molecular formula is C58H39NO. The Kier molecular flexibility index (Phi) is 8.87. The molecule has 1 aromatic heterocycles. The van der Waals surface area contributed by atoms with Gasteiger partial charge in [-0.3, -0.25) is 0 Å².